The number of hydrogen-bond acceptors (Lipinski definition) is 8. The van der Waals surface area contributed by atoms with E-state index in [-0.39, 0.29) is 48.6 Å². The highest BCUT2D eigenvalue weighted by Gasteiger charge is 2.61. The molecule has 44 heavy (non-hydrogen) atoms. The molecule has 0 saturated heterocycles. The average Bonchev–Trinajstić information content (AvgIpc) is 3.68. The summed E-state index contributed by atoms with van der Waals surface area (Å²) in [7, 11) is 0. The SMILES string of the molecule is CC(C)[C@@H]1NC(=O)[C@@H](CC(=O)OCc2ccccc2)Cc2ccc3c(c2)C2(c4ccccc4N[C@H]2O3)c2oc1nc2C(N)=O. The van der Waals surface area contributed by atoms with Gasteiger partial charge in [0.25, 0.3) is 5.91 Å². The largest absolute Gasteiger partial charge is 0.469 e. The first-order chi connectivity index (χ1) is 21.3. The van der Waals surface area contributed by atoms with E-state index in [1.165, 1.54) is 0 Å². The van der Waals surface area contributed by atoms with Crippen LogP contribution in [0.5, 0.6) is 5.75 Å². The number of esters is 1. The van der Waals surface area contributed by atoms with Crippen molar-refractivity contribution in [3.8, 4) is 5.75 Å². The van der Waals surface area contributed by atoms with Crippen LogP contribution >= 0.6 is 0 Å². The molecule has 4 bridgehead atoms. The minimum atomic E-state index is -1.08. The third-order valence-electron chi connectivity index (χ3n) is 8.72. The summed E-state index contributed by atoms with van der Waals surface area (Å²) < 4.78 is 18.5. The lowest BCUT2D eigenvalue weighted by molar-refractivity contribution is -0.148. The first-order valence-electron chi connectivity index (χ1n) is 14.7. The van der Waals surface area contributed by atoms with Gasteiger partial charge in [-0.05, 0) is 41.2 Å². The number of anilines is 1. The number of amides is 2. The Hall–Kier alpha value is -5.12. The molecule has 1 aromatic heterocycles. The molecule has 0 aliphatic carbocycles. The zero-order valence-corrected chi connectivity index (χ0v) is 24.3. The van der Waals surface area contributed by atoms with E-state index in [1.54, 1.807) is 0 Å². The van der Waals surface area contributed by atoms with Crippen LogP contribution in [0.2, 0.25) is 0 Å². The van der Waals surface area contributed by atoms with Gasteiger partial charge in [-0.15, -0.1) is 0 Å². The molecule has 7 rings (SSSR count). The molecule has 0 fully saturated rings. The maximum Gasteiger partial charge on any atom is 0.306 e. The van der Waals surface area contributed by atoms with E-state index in [1.807, 2.05) is 86.6 Å². The molecule has 3 aliphatic rings. The number of nitrogens with two attached hydrogens (primary N) is 1. The predicted molar refractivity (Wildman–Crippen MR) is 160 cm³/mol. The van der Waals surface area contributed by atoms with Crippen LogP contribution in [0.15, 0.2) is 77.2 Å². The Labute approximate surface area is 253 Å². The van der Waals surface area contributed by atoms with E-state index in [0.29, 0.717) is 5.75 Å². The van der Waals surface area contributed by atoms with E-state index in [4.69, 9.17) is 19.6 Å². The van der Waals surface area contributed by atoms with Crippen LogP contribution in [-0.4, -0.2) is 29.0 Å². The number of nitrogens with zero attached hydrogens (tertiary/aromatic N) is 1. The molecule has 10 heteroatoms. The van der Waals surface area contributed by atoms with Gasteiger partial charge in [-0.3, -0.25) is 14.4 Å². The molecular formula is C34H32N4O6. The van der Waals surface area contributed by atoms with Crippen LogP contribution in [0.3, 0.4) is 0 Å². The van der Waals surface area contributed by atoms with Gasteiger partial charge in [-0.1, -0.05) is 74.5 Å². The summed E-state index contributed by atoms with van der Waals surface area (Å²) in [6.07, 6.45) is -0.490. The number of hydrogen-bond donors (Lipinski definition) is 3. The van der Waals surface area contributed by atoms with Crippen LogP contribution in [0.1, 0.15) is 70.7 Å². The second-order valence-corrected chi connectivity index (χ2v) is 11.9. The first kappa shape index (κ1) is 27.7. The van der Waals surface area contributed by atoms with Gasteiger partial charge < -0.3 is 30.3 Å². The molecule has 2 amide bonds. The van der Waals surface area contributed by atoms with Crippen molar-refractivity contribution >= 4 is 23.5 Å². The summed E-state index contributed by atoms with van der Waals surface area (Å²) in [6.45, 7) is 3.95. The number of carbonyl (C=O) groups is 3. The van der Waals surface area contributed by atoms with Crippen molar-refractivity contribution in [1.29, 1.82) is 0 Å². The quantitative estimate of drug-likeness (QED) is 0.280. The maximum absolute atomic E-state index is 13.9. The lowest BCUT2D eigenvalue weighted by atomic mass is 9.72. The number of oxazole rings is 1. The number of carbonyl (C=O) groups excluding carboxylic acids is 3. The van der Waals surface area contributed by atoms with Gasteiger partial charge in [0.15, 0.2) is 17.7 Å². The molecule has 3 aliphatic heterocycles. The first-order valence-corrected chi connectivity index (χ1v) is 14.7. The molecule has 4 heterocycles. The lowest BCUT2D eigenvalue weighted by Crippen LogP contribution is -2.41. The normalized spacial score (nSPS) is 22.9. The second kappa shape index (κ2) is 10.6. The number of nitrogens with one attached hydrogen (secondary N) is 2. The predicted octanol–water partition coefficient (Wildman–Crippen LogP) is 4.37. The van der Waals surface area contributed by atoms with Gasteiger partial charge >= 0.3 is 5.97 Å². The van der Waals surface area contributed by atoms with E-state index in [2.05, 4.69) is 15.6 Å². The molecule has 3 aromatic carbocycles. The fraction of sp³-hybridized carbons (Fsp3) is 0.294. The van der Waals surface area contributed by atoms with Crippen LogP contribution in [0.4, 0.5) is 5.69 Å². The Bertz CT molecular complexity index is 1780. The average molecular weight is 593 g/mol. The van der Waals surface area contributed by atoms with E-state index < -0.39 is 35.5 Å². The molecular weight excluding hydrogens is 560 g/mol. The van der Waals surface area contributed by atoms with Crippen LogP contribution in [0, 0.1) is 11.8 Å². The van der Waals surface area contributed by atoms with Crippen molar-refractivity contribution in [3.05, 3.63) is 112 Å². The molecule has 0 radical (unpaired) electrons. The van der Waals surface area contributed by atoms with Gasteiger partial charge in [-0.25, -0.2) is 4.98 Å². The Balaban J connectivity index is 1.35. The molecule has 4 aromatic rings. The Kier molecular flexibility index (Phi) is 6.64. The highest BCUT2D eigenvalue weighted by Crippen LogP contribution is 2.58. The van der Waals surface area contributed by atoms with Crippen LogP contribution in [0.25, 0.3) is 0 Å². The lowest BCUT2D eigenvalue weighted by Gasteiger charge is -2.28. The molecule has 1 unspecified atom stereocenters. The van der Waals surface area contributed by atoms with E-state index in [0.717, 1.165) is 27.9 Å². The Morgan fingerprint density at radius 3 is 2.59 bits per heavy atom. The number of benzene rings is 3. The fourth-order valence-electron chi connectivity index (χ4n) is 6.58. The summed E-state index contributed by atoms with van der Waals surface area (Å²) in [5.41, 5.74) is 8.94. The third kappa shape index (κ3) is 4.40. The topological polar surface area (TPSA) is 146 Å². The molecule has 10 nitrogen and oxygen atoms in total. The van der Waals surface area contributed by atoms with Gasteiger partial charge in [0, 0.05) is 11.3 Å². The molecule has 4 atom stereocenters. The molecule has 224 valence electrons. The maximum atomic E-state index is 13.9. The summed E-state index contributed by atoms with van der Waals surface area (Å²) >= 11 is 0. The Morgan fingerprint density at radius 2 is 1.82 bits per heavy atom. The highest BCUT2D eigenvalue weighted by molar-refractivity contribution is 5.93. The van der Waals surface area contributed by atoms with Crippen molar-refractivity contribution in [1.82, 2.24) is 10.3 Å². The monoisotopic (exact) mass is 592 g/mol. The number of aromatic nitrogens is 1. The van der Waals surface area contributed by atoms with Crippen molar-refractivity contribution in [2.75, 3.05) is 5.32 Å². The van der Waals surface area contributed by atoms with Gasteiger partial charge in [0.2, 0.25) is 11.8 Å². The number of primary amides is 1. The Morgan fingerprint density at radius 1 is 1.05 bits per heavy atom. The minimum absolute atomic E-state index is 0.0226. The van der Waals surface area contributed by atoms with Gasteiger partial charge in [0.1, 0.15) is 23.8 Å². The highest BCUT2D eigenvalue weighted by atomic mass is 16.5. The van der Waals surface area contributed by atoms with E-state index >= 15 is 0 Å². The summed E-state index contributed by atoms with van der Waals surface area (Å²) in [6, 6.07) is 22.2. The van der Waals surface area contributed by atoms with Crippen molar-refractivity contribution in [2.24, 2.45) is 17.6 Å². The van der Waals surface area contributed by atoms with Crippen molar-refractivity contribution in [2.45, 2.75) is 51.0 Å². The smallest absolute Gasteiger partial charge is 0.306 e. The number of para-hydroxylation sites is 1. The van der Waals surface area contributed by atoms with Crippen molar-refractivity contribution < 1.29 is 28.3 Å². The molecule has 0 saturated carbocycles. The number of ether oxygens (including phenoxy) is 2. The third-order valence-corrected chi connectivity index (χ3v) is 8.72. The zero-order chi connectivity index (χ0) is 30.6. The van der Waals surface area contributed by atoms with Crippen LogP contribution in [-0.2, 0) is 32.8 Å². The number of rotatable bonds is 6. The molecule has 4 N–H and O–H groups in total. The number of fused-ring (bicyclic) bond motifs is 4. The van der Waals surface area contributed by atoms with Crippen LogP contribution < -0.4 is 21.1 Å². The van der Waals surface area contributed by atoms with Gasteiger partial charge in [0.05, 0.1) is 12.3 Å². The van der Waals surface area contributed by atoms with Crippen molar-refractivity contribution in [3.63, 3.8) is 0 Å². The fourth-order valence-corrected chi connectivity index (χ4v) is 6.58. The standard InChI is InChI=1S/C34H32N4O6/c1-18(2)27-32-38-28(30(35)40)29(44-32)34-22-10-6-7-11-24(22)36-33(34)43-25-13-12-20(15-23(25)34)14-21(31(41)37-27)16-26(39)42-17-19-8-4-3-5-9-19/h3-13,15,18,21,27,33,36H,14,16-17H2,1-2H3,(H2,35,40)(H,37,41)/t21-,27+,33+,34?/m1/s1. The van der Waals surface area contributed by atoms with E-state index in [9.17, 15) is 14.4 Å². The minimum Gasteiger partial charge on any atom is -0.469 e. The summed E-state index contributed by atoms with van der Waals surface area (Å²) in [4.78, 5) is 44.4. The summed E-state index contributed by atoms with van der Waals surface area (Å²) in [5.74, 6) is -1.47. The molecule has 1 spiro atoms. The zero-order valence-electron chi connectivity index (χ0n) is 24.3. The summed E-state index contributed by atoms with van der Waals surface area (Å²) in [5, 5.41) is 6.50. The second-order valence-electron chi connectivity index (χ2n) is 11.9. The van der Waals surface area contributed by atoms with Gasteiger partial charge in [-0.2, -0.15) is 0 Å².